The van der Waals surface area contributed by atoms with Crippen molar-refractivity contribution < 1.29 is 9.59 Å². The van der Waals surface area contributed by atoms with Crippen molar-refractivity contribution in [3.05, 3.63) is 113 Å². The minimum absolute atomic E-state index is 0.00980. The van der Waals surface area contributed by atoms with E-state index in [1.807, 2.05) is 79.0 Å². The Morgan fingerprint density at radius 1 is 1.03 bits per heavy atom. The van der Waals surface area contributed by atoms with Crippen molar-refractivity contribution >= 4 is 34.1 Å². The van der Waals surface area contributed by atoms with E-state index in [4.69, 9.17) is 11.6 Å². The van der Waals surface area contributed by atoms with Gasteiger partial charge in [-0.2, -0.15) is 5.10 Å². The molecule has 3 aromatic carbocycles. The lowest BCUT2D eigenvalue weighted by molar-refractivity contribution is -0.117. The Kier molecular flexibility index (Phi) is 7.30. The van der Waals surface area contributed by atoms with Gasteiger partial charge in [-0.25, -0.2) is 0 Å². The number of hydrogen-bond donors (Lipinski definition) is 2. The molecular formula is C30H27ClN4O2. The molecule has 37 heavy (non-hydrogen) atoms. The molecule has 0 aliphatic carbocycles. The fourth-order valence-electron chi connectivity index (χ4n) is 4.51. The Hall–Kier alpha value is -4.00. The molecule has 0 spiro atoms. The maximum Gasteiger partial charge on any atom is 0.186 e. The van der Waals surface area contributed by atoms with Gasteiger partial charge < -0.3 is 10.3 Å². The van der Waals surface area contributed by atoms with Gasteiger partial charge in [0.2, 0.25) is 0 Å². The first-order valence-corrected chi connectivity index (χ1v) is 12.6. The van der Waals surface area contributed by atoms with Gasteiger partial charge in [-0.3, -0.25) is 14.3 Å². The molecule has 2 heterocycles. The average Bonchev–Trinajstić information content (AvgIpc) is 3.54. The number of fused-ring (bicyclic) bond motifs is 1. The first-order valence-electron chi connectivity index (χ1n) is 12.2. The van der Waals surface area contributed by atoms with Crippen LogP contribution in [0.1, 0.15) is 34.5 Å². The maximum absolute atomic E-state index is 13.8. The summed E-state index contributed by atoms with van der Waals surface area (Å²) in [5, 5.41) is 9.32. The molecule has 0 saturated carbocycles. The van der Waals surface area contributed by atoms with Crippen LogP contribution in [0, 0.1) is 0 Å². The zero-order valence-corrected chi connectivity index (χ0v) is 21.2. The van der Waals surface area contributed by atoms with Crippen molar-refractivity contribution in [2.75, 3.05) is 6.54 Å². The van der Waals surface area contributed by atoms with Gasteiger partial charge in [0.25, 0.3) is 0 Å². The highest BCUT2D eigenvalue weighted by molar-refractivity contribution is 6.30. The van der Waals surface area contributed by atoms with Crippen molar-refractivity contribution in [3.63, 3.8) is 0 Å². The summed E-state index contributed by atoms with van der Waals surface area (Å²) in [6.45, 7) is 2.43. The summed E-state index contributed by atoms with van der Waals surface area (Å²) in [7, 11) is 0. The Balaban J connectivity index is 1.38. The number of halogens is 1. The van der Waals surface area contributed by atoms with E-state index in [9.17, 15) is 9.59 Å². The summed E-state index contributed by atoms with van der Waals surface area (Å²) in [5.41, 5.74) is 5.46. The van der Waals surface area contributed by atoms with Crippen molar-refractivity contribution in [3.8, 4) is 11.1 Å². The summed E-state index contributed by atoms with van der Waals surface area (Å²) in [6, 6.07) is 23.0. The van der Waals surface area contributed by atoms with Crippen LogP contribution in [0.4, 0.5) is 0 Å². The van der Waals surface area contributed by atoms with E-state index in [-0.39, 0.29) is 18.1 Å². The summed E-state index contributed by atoms with van der Waals surface area (Å²) in [4.78, 5) is 28.5. The van der Waals surface area contributed by atoms with E-state index in [0.29, 0.717) is 17.1 Å². The standard InChI is InChI=1S/C30H27ClN4O2/c1-20(36)18-35-19-24(16-34-35)23-9-12-26-27(17-33-28(26)15-23)30(37)29(22-5-3-2-4-6-22)32-14-13-21-7-10-25(31)11-8-21/h2-12,15-17,19,29,32-33H,13-14,18H2,1H3. The molecule has 1 atom stereocenters. The molecule has 2 aromatic heterocycles. The summed E-state index contributed by atoms with van der Waals surface area (Å²) >= 11 is 6.01. The van der Waals surface area contributed by atoms with Gasteiger partial charge in [0.05, 0.1) is 18.8 Å². The van der Waals surface area contributed by atoms with Gasteiger partial charge in [0.1, 0.15) is 0 Å². The zero-order chi connectivity index (χ0) is 25.8. The Morgan fingerprint density at radius 2 is 1.81 bits per heavy atom. The van der Waals surface area contributed by atoms with Gasteiger partial charge in [0.15, 0.2) is 11.6 Å². The molecule has 7 heteroatoms. The first kappa shape index (κ1) is 24.7. The third-order valence-electron chi connectivity index (χ3n) is 6.37. The van der Waals surface area contributed by atoms with Gasteiger partial charge in [0, 0.05) is 46.0 Å². The molecular weight excluding hydrogens is 484 g/mol. The minimum Gasteiger partial charge on any atom is -0.360 e. The lowest BCUT2D eigenvalue weighted by Gasteiger charge is -2.18. The van der Waals surface area contributed by atoms with Crippen molar-refractivity contribution in [1.29, 1.82) is 0 Å². The van der Waals surface area contributed by atoms with Crippen LogP contribution < -0.4 is 5.32 Å². The lowest BCUT2D eigenvalue weighted by atomic mass is 9.96. The van der Waals surface area contributed by atoms with E-state index >= 15 is 0 Å². The third-order valence-corrected chi connectivity index (χ3v) is 6.62. The number of rotatable bonds is 10. The number of hydrogen-bond acceptors (Lipinski definition) is 4. The van der Waals surface area contributed by atoms with Crippen LogP contribution in [-0.2, 0) is 17.8 Å². The van der Waals surface area contributed by atoms with Crippen LogP contribution in [0.5, 0.6) is 0 Å². The van der Waals surface area contributed by atoms with Crippen LogP contribution in [0.25, 0.3) is 22.0 Å². The molecule has 2 N–H and O–H groups in total. The number of H-pyrrole nitrogens is 1. The molecule has 5 aromatic rings. The number of Topliss-reactive ketones (excluding diaryl/α,β-unsaturated/α-hetero) is 2. The van der Waals surface area contributed by atoms with Crippen molar-refractivity contribution in [2.24, 2.45) is 0 Å². The highest BCUT2D eigenvalue weighted by atomic mass is 35.5. The SMILES string of the molecule is CC(=O)Cn1cc(-c2ccc3c(C(=O)C(NCCc4ccc(Cl)cc4)c4ccccc4)c[nH]c3c2)cn1. The van der Waals surface area contributed by atoms with E-state index in [1.165, 1.54) is 0 Å². The summed E-state index contributed by atoms with van der Waals surface area (Å²) < 4.78 is 1.63. The minimum atomic E-state index is -0.475. The molecule has 0 amide bonds. The molecule has 0 bridgehead atoms. The van der Waals surface area contributed by atoms with E-state index in [0.717, 1.165) is 39.6 Å². The van der Waals surface area contributed by atoms with Gasteiger partial charge in [-0.15, -0.1) is 0 Å². The topological polar surface area (TPSA) is 79.8 Å². The smallest absolute Gasteiger partial charge is 0.186 e. The monoisotopic (exact) mass is 510 g/mol. The lowest BCUT2D eigenvalue weighted by Crippen LogP contribution is -2.30. The molecule has 186 valence electrons. The highest BCUT2D eigenvalue weighted by Gasteiger charge is 2.24. The number of aromatic nitrogens is 3. The maximum atomic E-state index is 13.8. The highest BCUT2D eigenvalue weighted by Crippen LogP contribution is 2.29. The third kappa shape index (κ3) is 5.71. The quantitative estimate of drug-likeness (QED) is 0.225. The summed E-state index contributed by atoms with van der Waals surface area (Å²) in [6.07, 6.45) is 6.16. The Bertz CT molecular complexity index is 1540. The van der Waals surface area contributed by atoms with E-state index < -0.39 is 6.04 Å². The largest absolute Gasteiger partial charge is 0.360 e. The average molecular weight is 511 g/mol. The Labute approximate surface area is 220 Å². The molecule has 6 nitrogen and oxygen atoms in total. The van der Waals surface area contributed by atoms with E-state index in [2.05, 4.69) is 15.4 Å². The number of nitrogens with zero attached hydrogens (tertiary/aromatic N) is 2. The molecule has 0 fully saturated rings. The normalized spacial score (nSPS) is 12.1. The second-order valence-corrected chi connectivity index (χ2v) is 9.57. The number of ketones is 2. The van der Waals surface area contributed by atoms with Crippen LogP contribution >= 0.6 is 11.6 Å². The second-order valence-electron chi connectivity index (χ2n) is 9.13. The van der Waals surface area contributed by atoms with Crippen LogP contribution in [0.2, 0.25) is 5.02 Å². The first-order chi connectivity index (χ1) is 18.0. The van der Waals surface area contributed by atoms with Gasteiger partial charge in [-0.05, 0) is 48.2 Å². The predicted molar refractivity (Wildman–Crippen MR) is 147 cm³/mol. The van der Waals surface area contributed by atoms with Crippen molar-refractivity contribution in [1.82, 2.24) is 20.1 Å². The van der Waals surface area contributed by atoms with Crippen LogP contribution in [0.3, 0.4) is 0 Å². The number of carbonyl (C=O) groups is 2. The Morgan fingerprint density at radius 3 is 2.57 bits per heavy atom. The van der Waals surface area contributed by atoms with Gasteiger partial charge >= 0.3 is 0 Å². The number of benzene rings is 3. The van der Waals surface area contributed by atoms with Crippen LogP contribution in [0.15, 0.2) is 91.4 Å². The molecule has 0 aliphatic rings. The molecule has 0 saturated heterocycles. The number of nitrogens with one attached hydrogen (secondary N) is 2. The molecule has 1 unspecified atom stereocenters. The molecule has 0 aliphatic heterocycles. The zero-order valence-electron chi connectivity index (χ0n) is 20.4. The fraction of sp³-hybridized carbons (Fsp3) is 0.167. The molecule has 5 rings (SSSR count). The summed E-state index contributed by atoms with van der Waals surface area (Å²) in [5.74, 6) is 0.0583. The fourth-order valence-corrected chi connectivity index (χ4v) is 4.64. The number of carbonyl (C=O) groups excluding carboxylic acids is 2. The second kappa shape index (κ2) is 10.9. The number of aromatic amines is 1. The van der Waals surface area contributed by atoms with Gasteiger partial charge in [-0.1, -0.05) is 66.2 Å². The van der Waals surface area contributed by atoms with Crippen LogP contribution in [-0.4, -0.2) is 32.9 Å². The van der Waals surface area contributed by atoms with E-state index in [1.54, 1.807) is 24.0 Å². The molecule has 0 radical (unpaired) electrons. The van der Waals surface area contributed by atoms with Crippen molar-refractivity contribution in [2.45, 2.75) is 25.9 Å². The predicted octanol–water partition coefficient (Wildman–Crippen LogP) is 6.03.